The Morgan fingerprint density at radius 3 is 2.86 bits per heavy atom. The monoisotopic (exact) mass is 295 g/mol. The highest BCUT2D eigenvalue weighted by molar-refractivity contribution is 5.85. The van der Waals surface area contributed by atoms with Gasteiger partial charge in [0.2, 0.25) is 0 Å². The molecule has 0 spiro atoms. The zero-order valence-corrected chi connectivity index (χ0v) is 11.6. The third-order valence-corrected chi connectivity index (χ3v) is 3.37. The van der Waals surface area contributed by atoms with Gasteiger partial charge < -0.3 is 10.4 Å². The number of nitro groups is 1. The summed E-state index contributed by atoms with van der Waals surface area (Å²) in [6, 6.07) is 13.6. The van der Waals surface area contributed by atoms with E-state index in [2.05, 4.69) is 10.3 Å². The second-order valence-corrected chi connectivity index (χ2v) is 4.81. The van der Waals surface area contributed by atoms with E-state index < -0.39 is 4.92 Å². The number of pyridine rings is 1. The molecule has 22 heavy (non-hydrogen) atoms. The first-order chi connectivity index (χ1) is 10.6. The molecule has 0 aliphatic carbocycles. The second kappa shape index (κ2) is 5.69. The quantitative estimate of drug-likeness (QED) is 0.568. The number of nitrogens with one attached hydrogen (secondary N) is 1. The van der Waals surface area contributed by atoms with Gasteiger partial charge in [0.25, 0.3) is 5.69 Å². The molecule has 1 heterocycles. The predicted molar refractivity (Wildman–Crippen MR) is 83.8 cm³/mol. The van der Waals surface area contributed by atoms with Crippen molar-refractivity contribution in [3.63, 3.8) is 0 Å². The van der Waals surface area contributed by atoms with E-state index >= 15 is 0 Å². The molecule has 6 nitrogen and oxygen atoms in total. The molecule has 0 unspecified atom stereocenters. The normalized spacial score (nSPS) is 10.5. The average Bonchev–Trinajstić information content (AvgIpc) is 2.55. The maximum Gasteiger partial charge on any atom is 0.271 e. The van der Waals surface area contributed by atoms with Crippen molar-refractivity contribution in [1.29, 1.82) is 0 Å². The summed E-state index contributed by atoms with van der Waals surface area (Å²) in [5, 5.41) is 24.9. The molecule has 2 N–H and O–H groups in total. The maximum absolute atomic E-state index is 10.8. The Morgan fingerprint density at radius 2 is 2.05 bits per heavy atom. The van der Waals surface area contributed by atoms with Crippen LogP contribution in [0.4, 0.5) is 11.4 Å². The van der Waals surface area contributed by atoms with Gasteiger partial charge in [-0.2, -0.15) is 0 Å². The standard InChI is InChI=1S/C16H13N3O3/c20-16-12(7-6-11-3-2-8-17-15(11)16)10-18-13-4-1-5-14(9-13)19(21)22/h1-9,18,20H,10H2. The van der Waals surface area contributed by atoms with E-state index in [9.17, 15) is 15.2 Å². The molecule has 0 fully saturated rings. The Labute approximate surface area is 126 Å². The van der Waals surface area contributed by atoms with Crippen LogP contribution in [0.5, 0.6) is 5.75 Å². The second-order valence-electron chi connectivity index (χ2n) is 4.81. The fraction of sp³-hybridized carbons (Fsp3) is 0.0625. The summed E-state index contributed by atoms with van der Waals surface area (Å²) in [6.07, 6.45) is 1.62. The summed E-state index contributed by atoms with van der Waals surface area (Å²) in [5.74, 6) is 0.121. The molecule has 1 aromatic heterocycles. The van der Waals surface area contributed by atoms with Crippen LogP contribution in [0.3, 0.4) is 0 Å². The molecule has 0 bridgehead atoms. The number of aromatic hydroxyl groups is 1. The van der Waals surface area contributed by atoms with E-state index in [0.717, 1.165) is 5.39 Å². The van der Waals surface area contributed by atoms with Gasteiger partial charge in [-0.25, -0.2) is 0 Å². The minimum atomic E-state index is -0.442. The van der Waals surface area contributed by atoms with Gasteiger partial charge in [-0.3, -0.25) is 15.1 Å². The van der Waals surface area contributed by atoms with Crippen molar-refractivity contribution in [2.45, 2.75) is 6.54 Å². The number of non-ortho nitro benzene ring substituents is 1. The van der Waals surface area contributed by atoms with Gasteiger partial charge in [0, 0.05) is 41.5 Å². The average molecular weight is 295 g/mol. The molecular formula is C16H13N3O3. The highest BCUT2D eigenvalue weighted by atomic mass is 16.6. The van der Waals surface area contributed by atoms with Gasteiger partial charge in [0.15, 0.2) is 0 Å². The molecule has 110 valence electrons. The van der Waals surface area contributed by atoms with Gasteiger partial charge in [-0.05, 0) is 12.1 Å². The first kappa shape index (κ1) is 13.8. The number of phenols is 1. The highest BCUT2D eigenvalue weighted by Crippen LogP contribution is 2.27. The first-order valence-electron chi connectivity index (χ1n) is 6.69. The lowest BCUT2D eigenvalue weighted by Crippen LogP contribution is -2.00. The van der Waals surface area contributed by atoms with Crippen LogP contribution in [0.1, 0.15) is 5.56 Å². The number of hydrogen-bond acceptors (Lipinski definition) is 5. The first-order valence-corrected chi connectivity index (χ1v) is 6.69. The third kappa shape index (κ3) is 2.67. The minimum Gasteiger partial charge on any atom is -0.505 e. The van der Waals surface area contributed by atoms with Crippen LogP contribution in [0.2, 0.25) is 0 Å². The summed E-state index contributed by atoms with van der Waals surface area (Å²) in [4.78, 5) is 14.5. The number of benzene rings is 2. The van der Waals surface area contributed by atoms with E-state index in [-0.39, 0.29) is 11.4 Å². The SMILES string of the molecule is O=[N+]([O-])c1cccc(NCc2ccc3cccnc3c2O)c1. The largest absolute Gasteiger partial charge is 0.505 e. The fourth-order valence-corrected chi connectivity index (χ4v) is 2.24. The lowest BCUT2D eigenvalue weighted by Gasteiger charge is -2.09. The van der Waals surface area contributed by atoms with Crippen molar-refractivity contribution in [1.82, 2.24) is 4.98 Å². The Morgan fingerprint density at radius 1 is 1.18 bits per heavy atom. The number of aromatic nitrogens is 1. The van der Waals surface area contributed by atoms with Gasteiger partial charge >= 0.3 is 0 Å². The predicted octanol–water partition coefficient (Wildman–Crippen LogP) is 3.46. The number of nitrogens with zero attached hydrogens (tertiary/aromatic N) is 2. The van der Waals surface area contributed by atoms with Crippen LogP contribution >= 0.6 is 0 Å². The zero-order valence-electron chi connectivity index (χ0n) is 11.6. The van der Waals surface area contributed by atoms with Crippen LogP contribution in [0, 0.1) is 10.1 Å². The van der Waals surface area contributed by atoms with E-state index in [0.29, 0.717) is 23.3 Å². The van der Waals surface area contributed by atoms with Crippen LogP contribution < -0.4 is 5.32 Å². The number of nitro benzene ring substituents is 1. The Balaban J connectivity index is 1.83. The minimum absolute atomic E-state index is 0.0226. The summed E-state index contributed by atoms with van der Waals surface area (Å²) in [7, 11) is 0. The van der Waals surface area contributed by atoms with E-state index in [1.807, 2.05) is 24.3 Å². The molecule has 0 radical (unpaired) electrons. The molecule has 0 saturated heterocycles. The summed E-state index contributed by atoms with van der Waals surface area (Å²) in [5.41, 5.74) is 1.86. The molecule has 2 aromatic carbocycles. The topological polar surface area (TPSA) is 88.3 Å². The number of anilines is 1. The lowest BCUT2D eigenvalue weighted by atomic mass is 10.1. The molecule has 0 amide bonds. The maximum atomic E-state index is 10.8. The smallest absolute Gasteiger partial charge is 0.271 e. The van der Waals surface area contributed by atoms with Crippen LogP contribution in [0.25, 0.3) is 10.9 Å². The van der Waals surface area contributed by atoms with E-state index in [4.69, 9.17) is 0 Å². The molecule has 3 rings (SSSR count). The molecule has 6 heteroatoms. The van der Waals surface area contributed by atoms with Gasteiger partial charge in [-0.15, -0.1) is 0 Å². The van der Waals surface area contributed by atoms with Gasteiger partial charge in [0.1, 0.15) is 11.3 Å². The molecule has 3 aromatic rings. The van der Waals surface area contributed by atoms with Crippen LogP contribution in [0.15, 0.2) is 54.7 Å². The van der Waals surface area contributed by atoms with E-state index in [1.54, 1.807) is 18.3 Å². The van der Waals surface area contributed by atoms with Crippen molar-refractivity contribution >= 4 is 22.3 Å². The van der Waals surface area contributed by atoms with Crippen molar-refractivity contribution in [2.75, 3.05) is 5.32 Å². The van der Waals surface area contributed by atoms with Crippen LogP contribution in [-0.2, 0) is 6.54 Å². The Kier molecular flexibility index (Phi) is 3.57. The Bertz CT molecular complexity index is 849. The van der Waals surface area contributed by atoms with Crippen molar-refractivity contribution < 1.29 is 10.0 Å². The summed E-state index contributed by atoms with van der Waals surface area (Å²) < 4.78 is 0. The number of phenolic OH excluding ortho intramolecular Hbond substituents is 1. The number of rotatable bonds is 4. The van der Waals surface area contributed by atoms with Crippen molar-refractivity contribution in [3.8, 4) is 5.75 Å². The van der Waals surface area contributed by atoms with Crippen LogP contribution in [-0.4, -0.2) is 15.0 Å². The van der Waals surface area contributed by atoms with Gasteiger partial charge in [0.05, 0.1) is 4.92 Å². The van der Waals surface area contributed by atoms with Crippen molar-refractivity contribution in [2.24, 2.45) is 0 Å². The third-order valence-electron chi connectivity index (χ3n) is 3.37. The van der Waals surface area contributed by atoms with Crippen molar-refractivity contribution in [3.05, 3.63) is 70.4 Å². The Hall–Kier alpha value is -3.15. The zero-order chi connectivity index (χ0) is 15.5. The van der Waals surface area contributed by atoms with Gasteiger partial charge in [-0.1, -0.05) is 24.3 Å². The summed E-state index contributed by atoms with van der Waals surface area (Å²) in [6.45, 7) is 0.347. The number of fused-ring (bicyclic) bond motifs is 1. The molecular weight excluding hydrogens is 282 g/mol. The fourth-order valence-electron chi connectivity index (χ4n) is 2.24. The molecule has 0 aliphatic rings. The lowest BCUT2D eigenvalue weighted by molar-refractivity contribution is -0.384. The van der Waals surface area contributed by atoms with E-state index in [1.165, 1.54) is 12.1 Å². The number of hydrogen-bond donors (Lipinski definition) is 2. The molecule has 0 aliphatic heterocycles. The summed E-state index contributed by atoms with van der Waals surface area (Å²) >= 11 is 0. The molecule has 0 atom stereocenters. The molecule has 0 saturated carbocycles. The highest BCUT2D eigenvalue weighted by Gasteiger charge is 2.09.